The lowest BCUT2D eigenvalue weighted by atomic mass is 9.99. The lowest BCUT2D eigenvalue weighted by Crippen LogP contribution is -2.61. The molecule has 0 bridgehead atoms. The number of rotatable bonds is 51. The zero-order chi connectivity index (χ0) is 93.8. The Morgan fingerprint density at radius 1 is 0.469 bits per heavy atom. The molecule has 37 heteroatoms. The molecule has 0 saturated heterocycles. The van der Waals surface area contributed by atoms with Crippen LogP contribution in [0.2, 0.25) is 0 Å². The number of aryl methyl sites for hydroxylation is 1. The number of carbonyl (C=O) groups excluding carboxylic acids is 15. The number of fused-ring (bicyclic) bond motifs is 1. The van der Waals surface area contributed by atoms with E-state index in [0.29, 0.717) is 52.4 Å². The van der Waals surface area contributed by atoms with Crippen LogP contribution in [0.1, 0.15) is 107 Å². The maximum Gasteiger partial charge on any atom is 0.305 e. The van der Waals surface area contributed by atoms with Crippen LogP contribution in [0.4, 0.5) is 0 Å². The van der Waals surface area contributed by atoms with E-state index in [-0.39, 0.29) is 86.2 Å². The molecule has 686 valence electrons. The minimum Gasteiger partial charge on any atom is -0.508 e. The Morgan fingerprint density at radius 3 is 1.49 bits per heavy atom. The number of carboxylic acids is 1. The number of unbranched alkanes of at least 4 members (excludes halogenated alkanes) is 1. The minimum atomic E-state index is -1.88. The first-order valence-corrected chi connectivity index (χ1v) is 43.2. The Labute approximate surface area is 746 Å². The van der Waals surface area contributed by atoms with Gasteiger partial charge in [-0.05, 0) is 107 Å². The van der Waals surface area contributed by atoms with E-state index in [9.17, 15) is 77.6 Å². The van der Waals surface area contributed by atoms with Gasteiger partial charge in [-0.2, -0.15) is 0 Å². The SMILES string of the molecule is CCCC[C@@H](C(=O)N(C)CC(=O)N[C@@H](CC(=O)O)C(=O)N[C@H](C(=O)N[C@@H](Cc1ccncc1)C(=O)N[C@@H](Cc1ccc(O)cc1)C(=O)N(C)CC(=O)N[C@@H](Cc1c[nH]c2ccccc12)C(=O)N[C@@H](Cc1ccc(O)cc1)C(=O)N[C@@H](CC(C)C)C(=O)N[C@@H](CSCC(N)=O)C(=O)NCC(N)=O)C(C)C)N(C)C(=O)C(Cc1ccccc1)N(C)C(=O)CCc1ccccc1. The normalized spacial score (nSPS) is 13.5. The molecule has 0 spiro atoms. The highest BCUT2D eigenvalue weighted by Crippen LogP contribution is 2.24. The number of carbonyl (C=O) groups is 16. The number of aromatic nitrogens is 2. The van der Waals surface area contributed by atoms with E-state index in [1.807, 2.05) is 55.5 Å². The number of hydrogen-bond donors (Lipinski definition) is 15. The number of aromatic amines is 1. The van der Waals surface area contributed by atoms with Gasteiger partial charge in [-0.25, -0.2) is 0 Å². The van der Waals surface area contributed by atoms with Gasteiger partial charge >= 0.3 is 5.97 Å². The molecule has 2 aromatic heterocycles. The van der Waals surface area contributed by atoms with E-state index in [4.69, 9.17) is 11.5 Å². The van der Waals surface area contributed by atoms with Gasteiger partial charge in [0.25, 0.3) is 0 Å². The Kier molecular flexibility index (Phi) is 39.9. The van der Waals surface area contributed by atoms with Gasteiger partial charge < -0.3 is 99.2 Å². The van der Waals surface area contributed by atoms with E-state index < -0.39 is 181 Å². The summed E-state index contributed by atoms with van der Waals surface area (Å²) in [6.45, 7) is 6.33. The minimum absolute atomic E-state index is 0.0264. The third-order valence-electron chi connectivity index (χ3n) is 21.1. The van der Waals surface area contributed by atoms with Gasteiger partial charge in [0.15, 0.2) is 0 Å². The van der Waals surface area contributed by atoms with Crippen molar-refractivity contribution in [3.05, 3.63) is 198 Å². The van der Waals surface area contributed by atoms with Crippen LogP contribution < -0.4 is 59.3 Å². The molecule has 0 aliphatic heterocycles. The summed E-state index contributed by atoms with van der Waals surface area (Å²) in [5, 5.41) is 54.8. The van der Waals surface area contributed by atoms with E-state index in [0.717, 1.165) is 32.7 Å². The maximum absolute atomic E-state index is 15.2. The van der Waals surface area contributed by atoms with Crippen molar-refractivity contribution in [1.29, 1.82) is 0 Å². The fraction of sp³-hybridized carbons (Fsp3) is 0.418. The summed E-state index contributed by atoms with van der Waals surface area (Å²) >= 11 is 0.908. The van der Waals surface area contributed by atoms with E-state index >= 15 is 14.4 Å². The quantitative estimate of drug-likeness (QED) is 0.0258. The summed E-state index contributed by atoms with van der Waals surface area (Å²) < 4.78 is 0. The first-order valence-electron chi connectivity index (χ1n) is 42.0. The number of nitrogens with two attached hydrogens (primary N) is 2. The lowest BCUT2D eigenvalue weighted by Gasteiger charge is -2.36. The van der Waals surface area contributed by atoms with Crippen molar-refractivity contribution >= 4 is 117 Å². The lowest BCUT2D eigenvalue weighted by molar-refractivity contribution is -0.150. The highest BCUT2D eigenvalue weighted by molar-refractivity contribution is 8.00. The number of nitrogens with zero attached hydrogens (tertiary/aromatic N) is 5. The average molecular weight is 1790 g/mol. The molecule has 2 heterocycles. The molecule has 7 rings (SSSR count). The number of primary amides is 2. The van der Waals surface area contributed by atoms with Crippen molar-refractivity contribution in [3.63, 3.8) is 0 Å². The number of benzene rings is 5. The van der Waals surface area contributed by atoms with Gasteiger partial charge in [0.2, 0.25) is 88.6 Å². The molecule has 0 aliphatic carbocycles. The molecule has 0 saturated carbocycles. The Balaban J connectivity index is 1.10. The van der Waals surface area contributed by atoms with Crippen molar-refractivity contribution in [1.82, 2.24) is 77.4 Å². The summed E-state index contributed by atoms with van der Waals surface area (Å²) in [6.07, 6.45) is 4.15. The second kappa shape index (κ2) is 50.4. The predicted octanol–water partition coefficient (Wildman–Crippen LogP) is 1.76. The second-order valence-corrected chi connectivity index (χ2v) is 33.3. The smallest absolute Gasteiger partial charge is 0.305 e. The number of thioether (sulfide) groups is 1. The van der Waals surface area contributed by atoms with Crippen LogP contribution in [0.15, 0.2) is 164 Å². The maximum atomic E-state index is 15.2. The third-order valence-corrected chi connectivity index (χ3v) is 22.2. The largest absolute Gasteiger partial charge is 0.508 e. The van der Waals surface area contributed by atoms with Gasteiger partial charge in [-0.3, -0.25) is 81.7 Å². The number of nitrogens with one attached hydrogen (secondary N) is 10. The molecule has 5 aromatic carbocycles. The average Bonchev–Trinajstić information content (AvgIpc) is 1.66. The number of carboxylic acid groups (broad SMARTS) is 1. The molecule has 10 atom stereocenters. The number of amides is 15. The van der Waals surface area contributed by atoms with Crippen LogP contribution in [-0.4, -0.2) is 259 Å². The van der Waals surface area contributed by atoms with Gasteiger partial charge in [0, 0.05) is 102 Å². The first kappa shape index (κ1) is 101. The van der Waals surface area contributed by atoms with Crippen molar-refractivity contribution in [2.24, 2.45) is 23.3 Å². The number of aromatic hydroxyl groups is 2. The molecule has 0 radical (unpaired) electrons. The number of aliphatic carboxylic acids is 1. The molecule has 36 nitrogen and oxygen atoms in total. The Hall–Kier alpha value is -13.7. The summed E-state index contributed by atoms with van der Waals surface area (Å²) in [7, 11) is 5.53. The first-order chi connectivity index (χ1) is 60.9. The number of hydrogen-bond acceptors (Lipinski definition) is 20. The second-order valence-electron chi connectivity index (χ2n) is 32.2. The zero-order valence-electron chi connectivity index (χ0n) is 73.2. The number of H-pyrrole nitrogens is 1. The molecule has 0 fully saturated rings. The van der Waals surface area contributed by atoms with Crippen LogP contribution in [-0.2, 0) is 115 Å². The fourth-order valence-electron chi connectivity index (χ4n) is 14.2. The Morgan fingerprint density at radius 2 is 0.945 bits per heavy atom. The molecule has 15 amide bonds. The number of phenolic OH excluding ortho intramolecular Hbond substituents is 2. The number of phenols is 2. The molecule has 17 N–H and O–H groups in total. The molecule has 1 unspecified atom stereocenters. The van der Waals surface area contributed by atoms with Crippen LogP contribution in [0.25, 0.3) is 10.9 Å². The van der Waals surface area contributed by atoms with Gasteiger partial charge in [0.05, 0.1) is 31.8 Å². The van der Waals surface area contributed by atoms with Crippen molar-refractivity contribution in [2.45, 2.75) is 172 Å². The highest BCUT2D eigenvalue weighted by Gasteiger charge is 2.40. The third kappa shape index (κ3) is 32.7. The fourth-order valence-corrected chi connectivity index (χ4v) is 14.9. The standard InChI is InChI=1S/C91H117N17O19S/c1-10-11-26-73(108(9)91(127)74(45-57-22-16-13-17-23-57)107(8)79(115)36-31-56-20-14-12-15-21-56)90(126)106(7)51-78(114)98-70(47-80(116)117)87(123)104-81(55(4)5)88(124)101-68(43-60-37-39-94-40-38-60)85(121)102-71(44-59-29-34-63(110)35-30-59)89(125)105(6)50-77(113)97-69(46-61-48-95-65-25-19-18-24-64(61)65)86(122)100-67(42-58-27-32-62(109)33-28-58)84(120)99-66(41-54(2)3)83(119)103-72(52-128-53-76(93)112)82(118)96-49-75(92)111/h12-25,27-30,32-35,37-40,48,54-55,66-74,81,95,109-110H,10-11,26,31,36,41-47,49-53H2,1-9H3,(H2,92,111)(H2,93,112)(H,96,118)(H,97,113)(H,98,114)(H,99,120)(H,100,122)(H,101,124)(H,102,121)(H,103,119)(H,104,123)(H,116,117)/t66-,67-,68-,69-,70-,71-,72-,73-,74?,81-/m0/s1. The Bertz CT molecular complexity index is 4970. The van der Waals surface area contributed by atoms with Crippen molar-refractivity contribution in [3.8, 4) is 11.5 Å². The van der Waals surface area contributed by atoms with Gasteiger partial charge in [-0.15, -0.1) is 11.8 Å². The molecule has 0 aliphatic rings. The van der Waals surface area contributed by atoms with Crippen molar-refractivity contribution in [2.75, 3.05) is 59.3 Å². The number of para-hydroxylation sites is 1. The summed E-state index contributed by atoms with van der Waals surface area (Å²) in [6, 6.07) is 25.2. The molecule has 128 heavy (non-hydrogen) atoms. The van der Waals surface area contributed by atoms with E-state index in [1.165, 1.54) is 106 Å². The number of pyridine rings is 1. The van der Waals surface area contributed by atoms with Crippen LogP contribution >= 0.6 is 11.8 Å². The highest BCUT2D eigenvalue weighted by atomic mass is 32.2. The van der Waals surface area contributed by atoms with Crippen molar-refractivity contribution < 1.29 is 92.0 Å². The van der Waals surface area contributed by atoms with Gasteiger partial charge in [0.1, 0.15) is 71.9 Å². The monoisotopic (exact) mass is 1780 g/mol. The predicted molar refractivity (Wildman–Crippen MR) is 477 cm³/mol. The van der Waals surface area contributed by atoms with E-state index in [1.54, 1.807) is 75.6 Å². The summed E-state index contributed by atoms with van der Waals surface area (Å²) in [5.41, 5.74) is 14.7. The number of likely N-dealkylation sites (N-methyl/N-ethyl adjacent to an activating group) is 4. The van der Waals surface area contributed by atoms with Crippen LogP contribution in [0, 0.1) is 11.8 Å². The summed E-state index contributed by atoms with van der Waals surface area (Å²) in [5.74, 6) is -16.0. The van der Waals surface area contributed by atoms with Crippen LogP contribution in [0.5, 0.6) is 11.5 Å². The summed E-state index contributed by atoms with van der Waals surface area (Å²) in [4.78, 5) is 237. The van der Waals surface area contributed by atoms with Crippen LogP contribution in [0.3, 0.4) is 0 Å². The van der Waals surface area contributed by atoms with E-state index in [2.05, 4.69) is 57.8 Å². The molecular formula is C91H117N17O19S. The van der Waals surface area contributed by atoms with Gasteiger partial charge in [-0.1, -0.05) is 151 Å². The topological polar surface area (TPSA) is 536 Å². The molecular weight excluding hydrogens is 1670 g/mol. The molecule has 7 aromatic rings. The zero-order valence-corrected chi connectivity index (χ0v) is 74.0.